The minimum absolute atomic E-state index is 0.0349. The van der Waals surface area contributed by atoms with Gasteiger partial charge in [0.1, 0.15) is 22.9 Å². The van der Waals surface area contributed by atoms with Gasteiger partial charge in [0, 0.05) is 34.0 Å². The summed E-state index contributed by atoms with van der Waals surface area (Å²) in [6.45, 7) is 0. The first-order valence-corrected chi connectivity index (χ1v) is 14.0. The van der Waals surface area contributed by atoms with Crippen LogP contribution in [0.3, 0.4) is 0 Å². The summed E-state index contributed by atoms with van der Waals surface area (Å²) in [5.74, 6) is 1.19. The Morgan fingerprint density at radius 1 is 0.609 bits per heavy atom. The molecule has 4 aromatic rings. The lowest BCUT2D eigenvalue weighted by molar-refractivity contribution is -0.113. The van der Waals surface area contributed by atoms with E-state index in [1.165, 1.54) is 47.7 Å². The summed E-state index contributed by atoms with van der Waals surface area (Å²) in [6, 6.07) is 23.4. The number of anilines is 1. The summed E-state index contributed by atoms with van der Waals surface area (Å²) < 4.78 is 26.9. The van der Waals surface area contributed by atoms with E-state index in [-0.39, 0.29) is 11.5 Å². The quantitative estimate of drug-likeness (QED) is 0.137. The van der Waals surface area contributed by atoms with Crippen molar-refractivity contribution in [2.24, 2.45) is 0 Å². The Morgan fingerprint density at radius 3 is 1.89 bits per heavy atom. The summed E-state index contributed by atoms with van der Waals surface area (Å²) in [5.41, 5.74) is 2.28. The van der Waals surface area contributed by atoms with Gasteiger partial charge in [0.2, 0.25) is 0 Å². The number of carbonyl (C=O) groups is 3. The highest BCUT2D eigenvalue weighted by atomic mass is 16.5. The molecule has 0 radical (unpaired) electrons. The van der Waals surface area contributed by atoms with E-state index in [1.807, 2.05) is 0 Å². The van der Waals surface area contributed by atoms with Gasteiger partial charge in [-0.05, 0) is 78.9 Å². The fraction of sp³-hybridized carbons (Fsp3) is 0.139. The predicted molar refractivity (Wildman–Crippen MR) is 176 cm³/mol. The van der Waals surface area contributed by atoms with E-state index < -0.39 is 11.8 Å². The molecule has 4 rings (SSSR count). The molecule has 10 nitrogen and oxygen atoms in total. The second-order valence-electron chi connectivity index (χ2n) is 9.66. The van der Waals surface area contributed by atoms with Gasteiger partial charge in [0.05, 0.1) is 35.5 Å². The highest BCUT2D eigenvalue weighted by Gasteiger charge is 2.17. The zero-order valence-electron chi connectivity index (χ0n) is 26.1. The lowest BCUT2D eigenvalue weighted by atomic mass is 10.1. The molecule has 0 saturated carbocycles. The summed E-state index contributed by atoms with van der Waals surface area (Å²) in [5, 5.41) is 5.48. The molecule has 0 aliphatic rings. The molecule has 0 bridgehead atoms. The van der Waals surface area contributed by atoms with E-state index in [4.69, 9.17) is 23.7 Å². The van der Waals surface area contributed by atoms with E-state index in [0.29, 0.717) is 56.7 Å². The number of allylic oxidation sites excluding steroid dienone is 1. The molecular formula is C36H34N2O8. The Balaban J connectivity index is 1.55. The molecule has 0 spiro atoms. The molecule has 0 aliphatic carbocycles. The monoisotopic (exact) mass is 622 g/mol. The summed E-state index contributed by atoms with van der Waals surface area (Å²) in [4.78, 5) is 39.5. The number of ketones is 1. The predicted octanol–water partition coefficient (Wildman–Crippen LogP) is 6.04. The number of carbonyl (C=O) groups excluding carboxylic acids is 3. The fourth-order valence-electron chi connectivity index (χ4n) is 4.41. The standard InChI is InChI=1S/C36H34N2O8/c1-42-28-16-18-31(43-2)26(19-28)20-29(38-35(40)24-9-7-6-8-10-24)36(41)37-27-14-11-23(12-15-27)30(39)17-13-25-21-33(45-4)34(46-5)22-32(25)44-3/h6-22H,1-5H3,(H,37,41)(H,38,40)/b17-13+,29-20-. The number of hydrogen-bond acceptors (Lipinski definition) is 8. The number of methoxy groups -OCH3 is 5. The molecule has 0 fully saturated rings. The first kappa shape index (κ1) is 32.9. The van der Waals surface area contributed by atoms with Crippen LogP contribution in [0.5, 0.6) is 28.7 Å². The number of benzene rings is 4. The third kappa shape index (κ3) is 8.11. The first-order chi connectivity index (χ1) is 22.3. The van der Waals surface area contributed by atoms with Gasteiger partial charge in [0.15, 0.2) is 17.3 Å². The van der Waals surface area contributed by atoms with Gasteiger partial charge in [-0.15, -0.1) is 0 Å². The van der Waals surface area contributed by atoms with Crippen LogP contribution in [0, 0.1) is 0 Å². The molecule has 0 atom stereocenters. The van der Waals surface area contributed by atoms with Crippen molar-refractivity contribution < 1.29 is 38.1 Å². The molecule has 2 N–H and O–H groups in total. The Hall–Kier alpha value is -6.03. The third-order valence-electron chi connectivity index (χ3n) is 6.84. The van der Waals surface area contributed by atoms with Gasteiger partial charge in [-0.2, -0.15) is 0 Å². The maximum absolute atomic E-state index is 13.5. The van der Waals surface area contributed by atoms with Crippen LogP contribution >= 0.6 is 0 Å². The zero-order chi connectivity index (χ0) is 33.1. The lowest BCUT2D eigenvalue weighted by Crippen LogP contribution is -2.30. The van der Waals surface area contributed by atoms with Crippen molar-refractivity contribution in [3.63, 3.8) is 0 Å². The molecule has 10 heteroatoms. The van der Waals surface area contributed by atoms with Crippen LogP contribution in [0.25, 0.3) is 12.2 Å². The van der Waals surface area contributed by atoms with Gasteiger partial charge >= 0.3 is 0 Å². The highest BCUT2D eigenvalue weighted by Crippen LogP contribution is 2.35. The van der Waals surface area contributed by atoms with E-state index in [0.717, 1.165) is 0 Å². The molecular weight excluding hydrogens is 588 g/mol. The van der Waals surface area contributed by atoms with Crippen molar-refractivity contribution in [1.29, 1.82) is 0 Å². The lowest BCUT2D eigenvalue weighted by Gasteiger charge is -2.13. The van der Waals surface area contributed by atoms with Gasteiger partial charge in [-0.1, -0.05) is 18.2 Å². The number of rotatable bonds is 13. The largest absolute Gasteiger partial charge is 0.497 e. The molecule has 236 valence electrons. The van der Waals surface area contributed by atoms with Crippen LogP contribution in [-0.2, 0) is 4.79 Å². The first-order valence-electron chi connectivity index (χ1n) is 14.0. The summed E-state index contributed by atoms with van der Waals surface area (Å²) in [7, 11) is 7.60. The SMILES string of the molecule is COc1ccc(OC)c(/C=C(\NC(=O)c2ccccc2)C(=O)Nc2ccc(C(=O)/C=C/c3cc(OC)c(OC)cc3OC)cc2)c1. The second-order valence-corrected chi connectivity index (χ2v) is 9.66. The van der Waals surface area contributed by atoms with Crippen molar-refractivity contribution >= 4 is 35.4 Å². The Morgan fingerprint density at radius 2 is 1.26 bits per heavy atom. The molecule has 0 saturated heterocycles. The van der Waals surface area contributed by atoms with Crippen LogP contribution in [0.2, 0.25) is 0 Å². The van der Waals surface area contributed by atoms with Gasteiger partial charge in [0.25, 0.3) is 11.8 Å². The van der Waals surface area contributed by atoms with Crippen molar-refractivity contribution in [3.05, 3.63) is 119 Å². The van der Waals surface area contributed by atoms with Gasteiger partial charge in [-0.25, -0.2) is 0 Å². The average Bonchev–Trinajstić information content (AvgIpc) is 3.10. The average molecular weight is 623 g/mol. The van der Waals surface area contributed by atoms with Crippen LogP contribution in [0.1, 0.15) is 31.8 Å². The Kier molecular flexibility index (Phi) is 11.2. The fourth-order valence-corrected chi connectivity index (χ4v) is 4.41. The van der Waals surface area contributed by atoms with Crippen LogP contribution < -0.4 is 34.3 Å². The normalized spacial score (nSPS) is 11.0. The topological polar surface area (TPSA) is 121 Å². The number of hydrogen-bond donors (Lipinski definition) is 2. The number of amides is 2. The molecule has 2 amide bonds. The van der Waals surface area contributed by atoms with Crippen molar-refractivity contribution in [3.8, 4) is 28.7 Å². The molecule has 46 heavy (non-hydrogen) atoms. The van der Waals surface area contributed by atoms with Crippen molar-refractivity contribution in [2.45, 2.75) is 0 Å². The highest BCUT2D eigenvalue weighted by molar-refractivity contribution is 6.11. The molecule has 0 unspecified atom stereocenters. The number of nitrogens with one attached hydrogen (secondary N) is 2. The maximum Gasteiger partial charge on any atom is 0.272 e. The zero-order valence-corrected chi connectivity index (χ0v) is 26.1. The van der Waals surface area contributed by atoms with Crippen LogP contribution in [-0.4, -0.2) is 53.1 Å². The number of ether oxygens (including phenoxy) is 5. The third-order valence-corrected chi connectivity index (χ3v) is 6.84. The molecule has 0 heterocycles. The summed E-state index contributed by atoms with van der Waals surface area (Å²) >= 11 is 0. The molecule has 0 aromatic heterocycles. The van der Waals surface area contributed by atoms with Gasteiger partial charge in [-0.3, -0.25) is 14.4 Å². The van der Waals surface area contributed by atoms with Crippen molar-refractivity contribution in [1.82, 2.24) is 5.32 Å². The summed E-state index contributed by atoms with van der Waals surface area (Å²) in [6.07, 6.45) is 4.54. The Bertz CT molecular complexity index is 1760. The van der Waals surface area contributed by atoms with E-state index >= 15 is 0 Å². The smallest absolute Gasteiger partial charge is 0.272 e. The second kappa shape index (κ2) is 15.6. The Labute approximate surface area is 267 Å². The van der Waals surface area contributed by atoms with E-state index in [9.17, 15) is 14.4 Å². The molecule has 4 aromatic carbocycles. The molecule has 0 aliphatic heterocycles. The maximum atomic E-state index is 13.5. The van der Waals surface area contributed by atoms with E-state index in [2.05, 4.69) is 10.6 Å². The van der Waals surface area contributed by atoms with Crippen LogP contribution in [0.15, 0.2) is 96.7 Å². The van der Waals surface area contributed by atoms with Gasteiger partial charge < -0.3 is 34.3 Å². The minimum atomic E-state index is -0.589. The minimum Gasteiger partial charge on any atom is -0.497 e. The van der Waals surface area contributed by atoms with Crippen LogP contribution in [0.4, 0.5) is 5.69 Å². The van der Waals surface area contributed by atoms with E-state index in [1.54, 1.807) is 91.0 Å². The van der Waals surface area contributed by atoms with Crippen molar-refractivity contribution in [2.75, 3.05) is 40.9 Å².